The average molecular weight is 266 g/mol. The first-order chi connectivity index (χ1) is 6.15. The summed E-state index contributed by atoms with van der Waals surface area (Å²) in [4.78, 5) is 3.94. The molecule has 0 aliphatic carbocycles. The second-order valence-corrected chi connectivity index (χ2v) is 3.93. The van der Waals surface area contributed by atoms with Crippen molar-refractivity contribution in [3.8, 4) is 0 Å². The minimum absolute atomic E-state index is 0.0456. The maximum absolute atomic E-state index is 8.70. The van der Waals surface area contributed by atoms with Gasteiger partial charge in [-0.15, -0.1) is 0 Å². The molecule has 3 nitrogen and oxygen atoms in total. The van der Waals surface area contributed by atoms with Crippen molar-refractivity contribution < 1.29 is 5.11 Å². The van der Waals surface area contributed by atoms with Gasteiger partial charge in [0.15, 0.2) is 0 Å². The Morgan fingerprint density at radius 3 is 3.00 bits per heavy atom. The summed E-state index contributed by atoms with van der Waals surface area (Å²) in [5.74, 6) is 0. The molecule has 1 heterocycles. The van der Waals surface area contributed by atoms with Gasteiger partial charge in [-0.2, -0.15) is 0 Å². The van der Waals surface area contributed by atoms with Crippen LogP contribution in [-0.4, -0.2) is 16.7 Å². The van der Waals surface area contributed by atoms with Gasteiger partial charge < -0.3 is 10.8 Å². The van der Waals surface area contributed by atoms with Gasteiger partial charge in [0.05, 0.1) is 0 Å². The largest absolute Gasteiger partial charge is 0.396 e. The monoisotopic (exact) mass is 264 g/mol. The van der Waals surface area contributed by atoms with E-state index in [0.717, 1.165) is 10.0 Å². The molecule has 0 aromatic carbocycles. The topological polar surface area (TPSA) is 59.1 Å². The fourth-order valence-corrected chi connectivity index (χ4v) is 1.59. The number of nitrogens with two attached hydrogens (primary N) is 1. The first kappa shape index (κ1) is 10.9. The molecule has 0 aliphatic heterocycles. The summed E-state index contributed by atoms with van der Waals surface area (Å²) in [5.41, 5.74) is 6.52. The summed E-state index contributed by atoms with van der Waals surface area (Å²) in [7, 11) is 0. The molecule has 3 N–H and O–H groups in total. The zero-order valence-corrected chi connectivity index (χ0v) is 9.22. The third-order valence-corrected chi connectivity index (χ3v) is 2.42. The number of hydrogen-bond acceptors (Lipinski definition) is 3. The molecule has 1 rings (SSSR count). The molecule has 1 aromatic rings. The second kappa shape index (κ2) is 4.91. The predicted octanol–water partition coefficient (Wildman–Crippen LogP) is 1.88. The van der Waals surface area contributed by atoms with E-state index in [4.69, 9.17) is 22.4 Å². The minimum atomic E-state index is -0.262. The molecule has 0 aliphatic rings. The summed E-state index contributed by atoms with van der Waals surface area (Å²) >= 11 is 9.11. The minimum Gasteiger partial charge on any atom is -0.396 e. The summed E-state index contributed by atoms with van der Waals surface area (Å²) < 4.78 is 0.834. The van der Waals surface area contributed by atoms with E-state index in [1.807, 2.05) is 6.07 Å². The van der Waals surface area contributed by atoms with Crippen molar-refractivity contribution in [1.29, 1.82) is 0 Å². The van der Waals surface area contributed by atoms with Crippen molar-refractivity contribution in [2.24, 2.45) is 5.73 Å². The van der Waals surface area contributed by atoms with Gasteiger partial charge in [0.1, 0.15) is 5.15 Å². The first-order valence-corrected chi connectivity index (χ1v) is 4.99. The molecule has 0 saturated heterocycles. The highest BCUT2D eigenvalue weighted by Gasteiger charge is 2.10. The van der Waals surface area contributed by atoms with Crippen molar-refractivity contribution in [3.05, 3.63) is 27.5 Å². The van der Waals surface area contributed by atoms with Crippen LogP contribution < -0.4 is 5.73 Å². The van der Waals surface area contributed by atoms with Crippen LogP contribution in [0.25, 0.3) is 0 Å². The van der Waals surface area contributed by atoms with Crippen LogP contribution in [0.4, 0.5) is 0 Å². The molecular weight excluding hydrogens is 255 g/mol. The lowest BCUT2D eigenvalue weighted by molar-refractivity contribution is 0.276. The molecule has 1 aromatic heterocycles. The molecule has 0 bridgehead atoms. The van der Waals surface area contributed by atoms with Crippen LogP contribution in [0.5, 0.6) is 0 Å². The van der Waals surface area contributed by atoms with E-state index in [1.165, 1.54) is 0 Å². The first-order valence-electron chi connectivity index (χ1n) is 3.82. The lowest BCUT2D eigenvalue weighted by Crippen LogP contribution is -2.12. The van der Waals surface area contributed by atoms with E-state index < -0.39 is 0 Å². The molecule has 0 saturated carbocycles. The zero-order valence-electron chi connectivity index (χ0n) is 6.87. The highest BCUT2D eigenvalue weighted by molar-refractivity contribution is 9.10. The van der Waals surface area contributed by atoms with Gasteiger partial charge in [-0.25, -0.2) is 4.98 Å². The highest BCUT2D eigenvalue weighted by Crippen LogP contribution is 2.24. The predicted molar refractivity (Wildman–Crippen MR) is 55.6 cm³/mol. The van der Waals surface area contributed by atoms with E-state index >= 15 is 0 Å². The van der Waals surface area contributed by atoms with Crippen LogP contribution in [0.1, 0.15) is 18.0 Å². The SMILES string of the molecule is N[C@@H](CCO)c1cc(Br)cnc1Cl. The molecule has 0 amide bonds. The fourth-order valence-electron chi connectivity index (χ4n) is 0.993. The van der Waals surface area contributed by atoms with Gasteiger partial charge in [-0.05, 0) is 28.4 Å². The number of rotatable bonds is 3. The van der Waals surface area contributed by atoms with Crippen molar-refractivity contribution in [1.82, 2.24) is 4.98 Å². The molecule has 0 spiro atoms. The van der Waals surface area contributed by atoms with E-state index in [0.29, 0.717) is 11.6 Å². The van der Waals surface area contributed by atoms with Crippen LogP contribution in [0, 0.1) is 0 Å². The van der Waals surface area contributed by atoms with Gasteiger partial charge in [0.25, 0.3) is 0 Å². The van der Waals surface area contributed by atoms with Crippen LogP contribution in [0.3, 0.4) is 0 Å². The Hall–Kier alpha value is -0.160. The Bertz CT molecular complexity index is 295. The molecule has 0 fully saturated rings. The number of aliphatic hydroxyl groups is 1. The maximum atomic E-state index is 8.70. The number of hydrogen-bond donors (Lipinski definition) is 2. The third kappa shape index (κ3) is 2.91. The lowest BCUT2D eigenvalue weighted by atomic mass is 10.1. The van der Waals surface area contributed by atoms with E-state index in [2.05, 4.69) is 20.9 Å². The Morgan fingerprint density at radius 1 is 1.69 bits per heavy atom. The Labute approximate surface area is 90.1 Å². The normalized spacial score (nSPS) is 12.9. The average Bonchev–Trinajstić information content (AvgIpc) is 2.09. The third-order valence-electron chi connectivity index (χ3n) is 1.67. The summed E-state index contributed by atoms with van der Waals surface area (Å²) in [6.45, 7) is 0.0456. The molecule has 13 heavy (non-hydrogen) atoms. The fraction of sp³-hybridized carbons (Fsp3) is 0.375. The molecule has 0 unspecified atom stereocenters. The molecule has 0 radical (unpaired) electrons. The molecule has 5 heteroatoms. The van der Waals surface area contributed by atoms with Crippen LogP contribution in [0.15, 0.2) is 16.7 Å². The molecule has 1 atom stereocenters. The number of halogens is 2. The molecular formula is C8H10BrClN2O. The van der Waals surface area contributed by atoms with Gasteiger partial charge in [-0.1, -0.05) is 11.6 Å². The van der Waals surface area contributed by atoms with Crippen LogP contribution >= 0.6 is 27.5 Å². The van der Waals surface area contributed by atoms with Gasteiger partial charge in [0.2, 0.25) is 0 Å². The number of pyridine rings is 1. The molecule has 72 valence electrons. The van der Waals surface area contributed by atoms with Crippen molar-refractivity contribution in [2.45, 2.75) is 12.5 Å². The van der Waals surface area contributed by atoms with Crippen molar-refractivity contribution >= 4 is 27.5 Å². The Morgan fingerprint density at radius 2 is 2.38 bits per heavy atom. The number of aliphatic hydroxyl groups excluding tert-OH is 1. The zero-order chi connectivity index (χ0) is 9.84. The van der Waals surface area contributed by atoms with E-state index in [1.54, 1.807) is 6.20 Å². The van der Waals surface area contributed by atoms with Crippen LogP contribution in [-0.2, 0) is 0 Å². The summed E-state index contributed by atoms with van der Waals surface area (Å²) in [6.07, 6.45) is 2.09. The van der Waals surface area contributed by atoms with Crippen LogP contribution in [0.2, 0.25) is 5.15 Å². The summed E-state index contributed by atoms with van der Waals surface area (Å²) in [5, 5.41) is 9.10. The van der Waals surface area contributed by atoms with Crippen molar-refractivity contribution in [2.75, 3.05) is 6.61 Å². The second-order valence-electron chi connectivity index (χ2n) is 2.65. The standard InChI is InChI=1S/C8H10BrClN2O/c9-5-3-6(7(11)1-2-13)8(10)12-4-5/h3-4,7,13H,1-2,11H2/t7-/m0/s1. The Balaban J connectivity index is 2.91. The smallest absolute Gasteiger partial charge is 0.133 e. The maximum Gasteiger partial charge on any atom is 0.133 e. The Kier molecular flexibility index (Phi) is 4.12. The van der Waals surface area contributed by atoms with E-state index in [-0.39, 0.29) is 12.6 Å². The summed E-state index contributed by atoms with van der Waals surface area (Å²) in [6, 6.07) is 1.55. The lowest BCUT2D eigenvalue weighted by Gasteiger charge is -2.11. The van der Waals surface area contributed by atoms with Gasteiger partial charge in [0, 0.05) is 28.9 Å². The highest BCUT2D eigenvalue weighted by atomic mass is 79.9. The van der Waals surface area contributed by atoms with E-state index in [9.17, 15) is 0 Å². The number of nitrogens with zero attached hydrogens (tertiary/aromatic N) is 1. The quantitative estimate of drug-likeness (QED) is 0.821. The number of aromatic nitrogens is 1. The van der Waals surface area contributed by atoms with Crippen molar-refractivity contribution in [3.63, 3.8) is 0 Å². The van der Waals surface area contributed by atoms with Gasteiger partial charge in [-0.3, -0.25) is 0 Å². The van der Waals surface area contributed by atoms with Gasteiger partial charge >= 0.3 is 0 Å².